The first-order valence-corrected chi connectivity index (χ1v) is 12.5. The van der Waals surface area contributed by atoms with Crippen molar-refractivity contribution in [1.29, 1.82) is 0 Å². The van der Waals surface area contributed by atoms with Gasteiger partial charge in [0, 0.05) is 0 Å². The first-order chi connectivity index (χ1) is 17.7. The van der Waals surface area contributed by atoms with Crippen LogP contribution in [0.2, 0.25) is 0 Å². The van der Waals surface area contributed by atoms with E-state index in [0.717, 1.165) is 0 Å². The van der Waals surface area contributed by atoms with Crippen LogP contribution in [-0.2, 0) is 0 Å². The second kappa shape index (κ2) is 9.32. The maximum atomic E-state index is 2.36. The van der Waals surface area contributed by atoms with Gasteiger partial charge in [0.15, 0.2) is 0 Å². The van der Waals surface area contributed by atoms with Gasteiger partial charge in [-0.1, -0.05) is 132 Å². The molecule has 6 rings (SSSR count). The lowest BCUT2D eigenvalue weighted by Gasteiger charge is -2.13. The van der Waals surface area contributed by atoms with E-state index >= 15 is 0 Å². The summed E-state index contributed by atoms with van der Waals surface area (Å²) in [5.41, 5.74) is 7.47. The van der Waals surface area contributed by atoms with Crippen molar-refractivity contribution in [3.8, 4) is 0 Å². The first-order valence-electron chi connectivity index (χ1n) is 12.5. The van der Waals surface area contributed by atoms with Gasteiger partial charge in [-0.2, -0.15) is 0 Å². The smallest absolute Gasteiger partial charge is 0.00926 e. The van der Waals surface area contributed by atoms with E-state index in [9.17, 15) is 0 Å². The second-order valence-corrected chi connectivity index (χ2v) is 9.61. The van der Waals surface area contributed by atoms with Gasteiger partial charge in [-0.3, -0.25) is 0 Å². The Morgan fingerprint density at radius 2 is 0.722 bits per heavy atom. The molecule has 0 fully saturated rings. The molecule has 0 saturated heterocycles. The number of rotatable bonds is 4. The van der Waals surface area contributed by atoms with Crippen molar-refractivity contribution in [2.24, 2.45) is 0 Å². The summed E-state index contributed by atoms with van der Waals surface area (Å²) < 4.78 is 0. The molecule has 0 aromatic heterocycles. The molecule has 0 N–H and O–H groups in total. The van der Waals surface area contributed by atoms with Gasteiger partial charge in [-0.05, 0) is 80.6 Å². The summed E-state index contributed by atoms with van der Waals surface area (Å²) in [4.78, 5) is 0. The highest BCUT2D eigenvalue weighted by atomic mass is 14.1. The standard InChI is InChI=1S/C36H28/c1-25-11-15-27(16-12-25)19-21-29-23-35-34-10-6-4-8-32(34)30(22-20-28-17-13-26(2)14-18-28)24-36(35)33-9-5-3-7-31(29)33/h3-24H,1-2H3. The Bertz CT molecular complexity index is 1630. The van der Waals surface area contributed by atoms with Crippen LogP contribution in [0.4, 0.5) is 0 Å². The van der Waals surface area contributed by atoms with Crippen LogP contribution in [0.3, 0.4) is 0 Å². The molecule has 0 spiro atoms. The Balaban J connectivity index is 1.56. The minimum atomic E-state index is 1.21. The third kappa shape index (κ3) is 4.23. The number of benzene rings is 6. The fourth-order valence-electron chi connectivity index (χ4n) is 5.01. The summed E-state index contributed by atoms with van der Waals surface area (Å²) in [6.45, 7) is 4.25. The maximum absolute atomic E-state index is 2.36. The first kappa shape index (κ1) is 22.1. The summed E-state index contributed by atoms with van der Waals surface area (Å²) in [5.74, 6) is 0. The quantitative estimate of drug-likeness (QED) is 0.181. The molecule has 36 heavy (non-hydrogen) atoms. The van der Waals surface area contributed by atoms with Crippen LogP contribution in [0, 0.1) is 13.8 Å². The predicted octanol–water partition coefficient (Wildman–Crippen LogP) is 10.1. The number of hydrogen-bond donors (Lipinski definition) is 0. The molecule has 0 saturated carbocycles. The van der Waals surface area contributed by atoms with Crippen LogP contribution in [0.15, 0.2) is 109 Å². The lowest BCUT2D eigenvalue weighted by atomic mass is 9.91. The third-order valence-corrected chi connectivity index (χ3v) is 7.01. The molecule has 0 heteroatoms. The van der Waals surface area contributed by atoms with Gasteiger partial charge in [-0.25, -0.2) is 0 Å². The van der Waals surface area contributed by atoms with Gasteiger partial charge in [0.1, 0.15) is 0 Å². The maximum Gasteiger partial charge on any atom is -0.00926 e. The Morgan fingerprint density at radius 3 is 1.11 bits per heavy atom. The summed E-state index contributed by atoms with van der Waals surface area (Å²) in [5, 5.41) is 7.71. The van der Waals surface area contributed by atoms with Crippen LogP contribution >= 0.6 is 0 Å². The van der Waals surface area contributed by atoms with E-state index in [4.69, 9.17) is 0 Å². The van der Waals surface area contributed by atoms with Crippen LogP contribution < -0.4 is 0 Å². The van der Waals surface area contributed by atoms with Crippen LogP contribution in [0.25, 0.3) is 56.6 Å². The summed E-state index contributed by atoms with van der Waals surface area (Å²) in [6.07, 6.45) is 8.95. The molecule has 0 amide bonds. The molecule has 6 aromatic carbocycles. The van der Waals surface area contributed by atoms with Gasteiger partial charge in [0.05, 0.1) is 0 Å². The lowest BCUT2D eigenvalue weighted by Crippen LogP contribution is -1.87. The van der Waals surface area contributed by atoms with Crippen molar-refractivity contribution < 1.29 is 0 Å². The van der Waals surface area contributed by atoms with Crippen molar-refractivity contribution in [1.82, 2.24) is 0 Å². The number of fused-ring (bicyclic) bond motifs is 5. The number of aryl methyl sites for hydroxylation is 2. The average Bonchev–Trinajstić information content (AvgIpc) is 2.92. The highest BCUT2D eigenvalue weighted by Crippen LogP contribution is 2.36. The molecule has 0 aliphatic rings. The highest BCUT2D eigenvalue weighted by molar-refractivity contribution is 6.21. The van der Waals surface area contributed by atoms with E-state index in [1.807, 2.05) is 0 Å². The Hall–Kier alpha value is -4.42. The molecule has 0 radical (unpaired) electrons. The minimum Gasteiger partial charge on any atom is -0.0616 e. The van der Waals surface area contributed by atoms with Crippen molar-refractivity contribution in [2.45, 2.75) is 13.8 Å². The lowest BCUT2D eigenvalue weighted by molar-refractivity contribution is 1.46. The molecule has 0 aliphatic carbocycles. The molecular weight excluding hydrogens is 432 g/mol. The van der Waals surface area contributed by atoms with Gasteiger partial charge in [0.2, 0.25) is 0 Å². The predicted molar refractivity (Wildman–Crippen MR) is 159 cm³/mol. The van der Waals surface area contributed by atoms with E-state index in [1.165, 1.54) is 65.7 Å². The molecule has 6 aromatic rings. The van der Waals surface area contributed by atoms with Gasteiger partial charge >= 0.3 is 0 Å². The molecule has 0 aliphatic heterocycles. The van der Waals surface area contributed by atoms with E-state index in [0.29, 0.717) is 0 Å². The van der Waals surface area contributed by atoms with Gasteiger partial charge in [-0.15, -0.1) is 0 Å². The third-order valence-electron chi connectivity index (χ3n) is 7.01. The summed E-state index contributed by atoms with van der Waals surface area (Å²) in [7, 11) is 0. The largest absolute Gasteiger partial charge is 0.0616 e. The zero-order chi connectivity index (χ0) is 24.5. The van der Waals surface area contributed by atoms with Gasteiger partial charge < -0.3 is 0 Å². The summed E-state index contributed by atoms with van der Waals surface area (Å²) in [6, 6.07) is 39.6. The van der Waals surface area contributed by atoms with E-state index in [2.05, 4.69) is 147 Å². The van der Waals surface area contributed by atoms with Crippen molar-refractivity contribution >= 4 is 56.6 Å². The Labute approximate surface area is 212 Å². The fraction of sp³-hybridized carbons (Fsp3) is 0.0556. The minimum absolute atomic E-state index is 1.21. The molecule has 0 bridgehead atoms. The van der Waals surface area contributed by atoms with Crippen molar-refractivity contribution in [3.05, 3.63) is 143 Å². The SMILES string of the molecule is Cc1ccc(C=Cc2cc3c4ccccc4c(C=Cc4ccc(C)cc4)cc3c3ccccc23)cc1. The molecule has 0 nitrogen and oxygen atoms in total. The highest BCUT2D eigenvalue weighted by Gasteiger charge is 2.10. The van der Waals surface area contributed by atoms with Crippen molar-refractivity contribution in [3.63, 3.8) is 0 Å². The molecule has 0 unspecified atom stereocenters. The topological polar surface area (TPSA) is 0 Å². The van der Waals surface area contributed by atoms with E-state index in [-0.39, 0.29) is 0 Å². The molecular formula is C36H28. The van der Waals surface area contributed by atoms with E-state index in [1.54, 1.807) is 0 Å². The van der Waals surface area contributed by atoms with Gasteiger partial charge in [0.25, 0.3) is 0 Å². The molecule has 0 atom stereocenters. The normalized spacial score (nSPS) is 11.9. The number of hydrogen-bond acceptors (Lipinski definition) is 0. The second-order valence-electron chi connectivity index (χ2n) is 9.61. The van der Waals surface area contributed by atoms with Crippen molar-refractivity contribution in [2.75, 3.05) is 0 Å². The molecule has 172 valence electrons. The average molecular weight is 461 g/mol. The van der Waals surface area contributed by atoms with Crippen LogP contribution in [-0.4, -0.2) is 0 Å². The Kier molecular flexibility index (Phi) is 5.71. The summed E-state index contributed by atoms with van der Waals surface area (Å²) >= 11 is 0. The fourth-order valence-corrected chi connectivity index (χ4v) is 5.01. The zero-order valence-electron chi connectivity index (χ0n) is 20.7. The van der Waals surface area contributed by atoms with Crippen LogP contribution in [0.1, 0.15) is 33.4 Å². The van der Waals surface area contributed by atoms with E-state index < -0.39 is 0 Å². The molecule has 0 heterocycles. The zero-order valence-corrected chi connectivity index (χ0v) is 20.7. The monoisotopic (exact) mass is 460 g/mol. The van der Waals surface area contributed by atoms with Crippen LogP contribution in [0.5, 0.6) is 0 Å². The Morgan fingerprint density at radius 1 is 0.361 bits per heavy atom.